The zero-order valence-electron chi connectivity index (χ0n) is 20.3. The van der Waals surface area contributed by atoms with E-state index in [-0.39, 0.29) is 23.2 Å². The Morgan fingerprint density at radius 3 is 2.15 bits per heavy atom. The van der Waals surface area contributed by atoms with Gasteiger partial charge >= 0.3 is 4.87 Å². The average Bonchev–Trinajstić information content (AvgIpc) is 3.37. The molecule has 3 heterocycles. The molecular formula is C28H18BrCl2N3O4S2. The van der Waals surface area contributed by atoms with Gasteiger partial charge in [0.15, 0.2) is 0 Å². The molecule has 3 amide bonds. The molecule has 0 spiro atoms. The van der Waals surface area contributed by atoms with Gasteiger partial charge in [0.05, 0.1) is 16.6 Å². The molecule has 3 aromatic carbocycles. The number of thiazole rings is 1. The largest absolute Gasteiger partial charge is 0.325 e. The molecule has 1 fully saturated rings. The molecule has 0 aliphatic carbocycles. The predicted octanol–water partition coefficient (Wildman–Crippen LogP) is 6.41. The van der Waals surface area contributed by atoms with Crippen molar-refractivity contribution in [3.05, 3.63) is 107 Å². The molecule has 202 valence electrons. The van der Waals surface area contributed by atoms with Crippen LogP contribution in [-0.2, 0) is 20.9 Å². The number of imide groups is 1. The van der Waals surface area contributed by atoms with Crippen LogP contribution in [0.2, 0.25) is 10.0 Å². The Hall–Kier alpha value is -2.89. The third-order valence-corrected chi connectivity index (χ3v) is 10.4. The minimum absolute atomic E-state index is 0.242. The van der Waals surface area contributed by atoms with Crippen LogP contribution >= 0.6 is 62.2 Å². The fourth-order valence-corrected chi connectivity index (χ4v) is 8.30. The Morgan fingerprint density at radius 1 is 0.875 bits per heavy atom. The van der Waals surface area contributed by atoms with Crippen molar-refractivity contribution in [3.63, 3.8) is 0 Å². The number of carbonyl (C=O) groups is 3. The molecule has 4 aromatic rings. The van der Waals surface area contributed by atoms with Crippen molar-refractivity contribution < 1.29 is 14.4 Å². The third kappa shape index (κ3) is 4.92. The SMILES string of the molecule is O=C(Cn1c2c(sc1=O)[C@@H](c1ccc(Br)cc1)[C@@H]1C(=O)N(c3ccc(Cl)cc3)C(=O)[C@@H]1S2)Nc1ccc(Cl)cc1. The van der Waals surface area contributed by atoms with E-state index < -0.39 is 23.0 Å². The number of carbonyl (C=O) groups excluding carboxylic acids is 3. The Bertz CT molecular complexity index is 1710. The predicted molar refractivity (Wildman–Crippen MR) is 162 cm³/mol. The number of nitrogens with one attached hydrogen (secondary N) is 1. The van der Waals surface area contributed by atoms with Crippen molar-refractivity contribution in [3.8, 4) is 0 Å². The second-order valence-electron chi connectivity index (χ2n) is 9.26. The number of hydrogen-bond acceptors (Lipinski definition) is 6. The van der Waals surface area contributed by atoms with Crippen LogP contribution < -0.4 is 15.1 Å². The van der Waals surface area contributed by atoms with Crippen molar-refractivity contribution in [2.45, 2.75) is 22.7 Å². The van der Waals surface area contributed by atoms with E-state index in [0.29, 0.717) is 31.3 Å². The van der Waals surface area contributed by atoms with Gasteiger partial charge in [0, 0.05) is 31.0 Å². The van der Waals surface area contributed by atoms with Crippen LogP contribution in [0.3, 0.4) is 0 Å². The van der Waals surface area contributed by atoms with Gasteiger partial charge in [-0.15, -0.1) is 0 Å². The van der Waals surface area contributed by atoms with E-state index in [4.69, 9.17) is 23.2 Å². The van der Waals surface area contributed by atoms with Crippen LogP contribution in [0, 0.1) is 5.92 Å². The summed E-state index contributed by atoms with van der Waals surface area (Å²) in [7, 11) is 0. The highest BCUT2D eigenvalue weighted by atomic mass is 79.9. The summed E-state index contributed by atoms with van der Waals surface area (Å²) in [5.41, 5.74) is 1.78. The average molecular weight is 675 g/mol. The maximum absolute atomic E-state index is 13.9. The number of nitrogens with zero attached hydrogens (tertiary/aromatic N) is 2. The van der Waals surface area contributed by atoms with E-state index in [2.05, 4.69) is 21.2 Å². The van der Waals surface area contributed by atoms with Crippen LogP contribution in [0.4, 0.5) is 11.4 Å². The first-order valence-electron chi connectivity index (χ1n) is 12.1. The first-order chi connectivity index (χ1) is 19.2. The van der Waals surface area contributed by atoms with Gasteiger partial charge in [0.1, 0.15) is 11.8 Å². The summed E-state index contributed by atoms with van der Waals surface area (Å²) in [6.45, 7) is -0.242. The van der Waals surface area contributed by atoms with Crippen LogP contribution in [0.5, 0.6) is 0 Å². The van der Waals surface area contributed by atoms with Crippen LogP contribution in [0.1, 0.15) is 16.4 Å². The Labute approximate surface area is 255 Å². The fourth-order valence-electron chi connectivity index (χ4n) is 5.01. The number of benzene rings is 3. The summed E-state index contributed by atoms with van der Waals surface area (Å²) in [6, 6.07) is 20.7. The molecular weight excluding hydrogens is 657 g/mol. The standard InChI is InChI=1S/C28H18BrCl2N3O4S2/c29-15-3-1-14(2-4-15)21-22-23(26(37)34(25(22)36)19-11-7-17(31)8-12-19)39-27-24(21)40-28(38)33(27)13-20(35)32-18-9-5-16(30)6-10-18/h1-12,21-23H,13H2,(H,32,35)/t21-,22-,23+/m0/s1. The molecule has 7 nitrogen and oxygen atoms in total. The second kappa shape index (κ2) is 10.8. The second-order valence-corrected chi connectivity index (χ2v) is 13.2. The fraction of sp³-hybridized carbons (Fsp3) is 0.143. The lowest BCUT2D eigenvalue weighted by molar-refractivity contribution is -0.122. The van der Waals surface area contributed by atoms with Crippen LogP contribution in [0.15, 0.2) is 87.1 Å². The smallest absolute Gasteiger partial charge is 0.308 e. The van der Waals surface area contributed by atoms with Gasteiger partial charge in [-0.05, 0) is 66.2 Å². The van der Waals surface area contributed by atoms with Crippen molar-refractivity contribution >= 4 is 91.3 Å². The van der Waals surface area contributed by atoms with Gasteiger partial charge in [-0.1, -0.05) is 74.4 Å². The number of aromatic nitrogens is 1. The number of thioether (sulfide) groups is 1. The van der Waals surface area contributed by atoms with E-state index >= 15 is 0 Å². The molecule has 3 atom stereocenters. The van der Waals surface area contributed by atoms with Gasteiger partial charge < -0.3 is 5.32 Å². The summed E-state index contributed by atoms with van der Waals surface area (Å²) >= 11 is 17.6. The zero-order valence-corrected chi connectivity index (χ0v) is 25.1. The maximum Gasteiger partial charge on any atom is 0.308 e. The minimum Gasteiger partial charge on any atom is -0.325 e. The van der Waals surface area contributed by atoms with E-state index in [1.807, 2.05) is 24.3 Å². The molecule has 1 saturated heterocycles. The highest BCUT2D eigenvalue weighted by Gasteiger charge is 2.56. The van der Waals surface area contributed by atoms with E-state index in [9.17, 15) is 19.2 Å². The number of anilines is 2. The lowest BCUT2D eigenvalue weighted by atomic mass is 9.83. The summed E-state index contributed by atoms with van der Waals surface area (Å²) < 4.78 is 2.25. The van der Waals surface area contributed by atoms with E-state index in [0.717, 1.165) is 21.4 Å². The van der Waals surface area contributed by atoms with Crippen LogP contribution in [-0.4, -0.2) is 27.5 Å². The van der Waals surface area contributed by atoms with E-state index in [1.165, 1.54) is 21.2 Å². The van der Waals surface area contributed by atoms with Gasteiger partial charge in [-0.2, -0.15) is 0 Å². The summed E-state index contributed by atoms with van der Waals surface area (Å²) in [6.07, 6.45) is 0. The summed E-state index contributed by atoms with van der Waals surface area (Å²) in [5.74, 6) is -2.37. The molecule has 0 bridgehead atoms. The normalized spacial score (nSPS) is 19.9. The lowest BCUT2D eigenvalue weighted by Crippen LogP contribution is -2.33. The summed E-state index contributed by atoms with van der Waals surface area (Å²) in [5, 5.41) is 3.55. The van der Waals surface area contributed by atoms with Crippen molar-refractivity contribution in [1.82, 2.24) is 4.57 Å². The van der Waals surface area contributed by atoms with Gasteiger partial charge in [0.25, 0.3) is 0 Å². The Balaban J connectivity index is 1.40. The summed E-state index contributed by atoms with van der Waals surface area (Å²) in [4.78, 5) is 55.4. The molecule has 40 heavy (non-hydrogen) atoms. The van der Waals surface area contributed by atoms with Gasteiger partial charge in [0.2, 0.25) is 17.7 Å². The monoisotopic (exact) mass is 673 g/mol. The van der Waals surface area contributed by atoms with Crippen molar-refractivity contribution in [2.24, 2.45) is 5.92 Å². The number of rotatable bonds is 5. The topological polar surface area (TPSA) is 88.5 Å². The quantitative estimate of drug-likeness (QED) is 0.247. The Morgan fingerprint density at radius 2 is 1.50 bits per heavy atom. The number of amides is 3. The number of hydrogen-bond donors (Lipinski definition) is 1. The highest BCUT2D eigenvalue weighted by molar-refractivity contribution is 9.10. The molecule has 0 saturated carbocycles. The molecule has 1 N–H and O–H groups in total. The zero-order chi connectivity index (χ0) is 28.1. The first kappa shape index (κ1) is 27.3. The highest BCUT2D eigenvalue weighted by Crippen LogP contribution is 2.54. The molecule has 0 radical (unpaired) electrons. The van der Waals surface area contributed by atoms with Crippen molar-refractivity contribution in [2.75, 3.05) is 10.2 Å². The Kier molecular flexibility index (Phi) is 7.39. The first-order valence-corrected chi connectivity index (χ1v) is 15.3. The number of halogens is 3. The van der Waals surface area contributed by atoms with Gasteiger partial charge in [-0.25, -0.2) is 4.90 Å². The van der Waals surface area contributed by atoms with Gasteiger partial charge in [-0.3, -0.25) is 23.7 Å². The molecule has 2 aliphatic heterocycles. The molecule has 1 aromatic heterocycles. The molecule has 12 heteroatoms. The molecule has 2 aliphatic rings. The third-order valence-electron chi connectivity index (χ3n) is 6.79. The van der Waals surface area contributed by atoms with E-state index in [1.54, 1.807) is 48.5 Å². The lowest BCUT2D eigenvalue weighted by Gasteiger charge is -2.30. The van der Waals surface area contributed by atoms with Crippen molar-refractivity contribution in [1.29, 1.82) is 0 Å². The van der Waals surface area contributed by atoms with Crippen LogP contribution in [0.25, 0.3) is 0 Å². The minimum atomic E-state index is -0.774. The molecule has 6 rings (SSSR count). The maximum atomic E-state index is 13.9. The number of fused-ring (bicyclic) bond motifs is 2. The molecule has 0 unspecified atom stereocenters.